The van der Waals surface area contributed by atoms with Gasteiger partial charge >= 0.3 is 0 Å². The number of hydrogen-bond acceptors (Lipinski definition) is 4. The summed E-state index contributed by atoms with van der Waals surface area (Å²) in [5, 5.41) is 10.9. The van der Waals surface area contributed by atoms with Crippen LogP contribution < -0.4 is 0 Å². The van der Waals surface area contributed by atoms with Crippen molar-refractivity contribution in [2.75, 3.05) is 32.7 Å². The molecule has 0 aliphatic carbocycles. The van der Waals surface area contributed by atoms with Crippen LogP contribution in [0.2, 0.25) is 0 Å². The highest BCUT2D eigenvalue weighted by Crippen LogP contribution is 2.24. The number of likely N-dealkylation sites (tertiary alicyclic amines) is 2. The van der Waals surface area contributed by atoms with Crippen LogP contribution in [0.25, 0.3) is 0 Å². The Bertz CT molecular complexity index is 516. The number of aliphatic hydroxyl groups is 1. The fourth-order valence-corrected chi connectivity index (χ4v) is 3.77. The molecule has 0 aromatic carbocycles. The minimum absolute atomic E-state index is 0.147. The van der Waals surface area contributed by atoms with Gasteiger partial charge in [0.05, 0.1) is 12.1 Å². The van der Waals surface area contributed by atoms with Crippen LogP contribution in [0, 0.1) is 0 Å². The number of pyridine rings is 1. The minimum Gasteiger partial charge on any atom is -0.387 e. The molecule has 3 heterocycles. The first-order chi connectivity index (χ1) is 11.1. The molecule has 1 N–H and O–H groups in total. The van der Waals surface area contributed by atoms with E-state index in [2.05, 4.69) is 9.88 Å². The Labute approximate surface area is 138 Å². The molecule has 126 valence electrons. The van der Waals surface area contributed by atoms with Crippen LogP contribution in [0.15, 0.2) is 24.5 Å². The molecular formula is C18H27N3O2. The minimum atomic E-state index is -0.730. The van der Waals surface area contributed by atoms with Gasteiger partial charge in [0.25, 0.3) is 0 Å². The zero-order valence-electron chi connectivity index (χ0n) is 13.8. The fourth-order valence-electron chi connectivity index (χ4n) is 3.77. The maximum Gasteiger partial charge on any atom is 0.223 e. The van der Waals surface area contributed by atoms with E-state index in [1.165, 1.54) is 12.8 Å². The van der Waals surface area contributed by atoms with Crippen molar-refractivity contribution in [3.05, 3.63) is 30.1 Å². The standard InChI is InChI=1S/C18H27N3O2/c22-17(7-6-16-5-3-9-19-13-16)21-12-4-8-18(23,15-21)14-20-10-1-2-11-20/h3,5,9,13,23H,1-2,4,6-8,10-12,14-15H2/t18-/m0/s1. The van der Waals surface area contributed by atoms with Crippen LogP contribution in [0.1, 0.15) is 37.7 Å². The van der Waals surface area contributed by atoms with Crippen molar-refractivity contribution < 1.29 is 9.90 Å². The Morgan fingerprint density at radius 2 is 2.09 bits per heavy atom. The van der Waals surface area contributed by atoms with Gasteiger partial charge in [-0.25, -0.2) is 0 Å². The summed E-state index contributed by atoms with van der Waals surface area (Å²) < 4.78 is 0. The van der Waals surface area contributed by atoms with E-state index in [0.29, 0.717) is 25.9 Å². The predicted octanol–water partition coefficient (Wildman–Crippen LogP) is 1.46. The molecule has 0 bridgehead atoms. The number of hydrogen-bond donors (Lipinski definition) is 1. The highest BCUT2D eigenvalue weighted by molar-refractivity contribution is 5.76. The molecule has 5 nitrogen and oxygen atoms in total. The van der Waals surface area contributed by atoms with Crippen LogP contribution in [0.4, 0.5) is 0 Å². The van der Waals surface area contributed by atoms with Gasteiger partial charge in [-0.2, -0.15) is 0 Å². The summed E-state index contributed by atoms with van der Waals surface area (Å²) in [6.45, 7) is 4.12. The summed E-state index contributed by atoms with van der Waals surface area (Å²) in [6.07, 6.45) is 8.91. The van der Waals surface area contributed by atoms with Crippen molar-refractivity contribution >= 4 is 5.91 Å². The lowest BCUT2D eigenvalue weighted by atomic mass is 9.92. The lowest BCUT2D eigenvalue weighted by molar-refractivity contribution is -0.139. The molecule has 0 saturated carbocycles. The molecule has 1 atom stereocenters. The Balaban J connectivity index is 1.51. The average molecular weight is 317 g/mol. The van der Waals surface area contributed by atoms with E-state index in [-0.39, 0.29) is 5.91 Å². The molecule has 0 radical (unpaired) electrons. The molecule has 0 spiro atoms. The summed E-state index contributed by atoms with van der Waals surface area (Å²) in [6, 6.07) is 3.90. The molecule has 1 aromatic heterocycles. The third kappa shape index (κ3) is 4.52. The number of aromatic nitrogens is 1. The zero-order chi connectivity index (χ0) is 16.1. The summed E-state index contributed by atoms with van der Waals surface area (Å²) in [7, 11) is 0. The predicted molar refractivity (Wildman–Crippen MR) is 89.0 cm³/mol. The number of carbonyl (C=O) groups is 1. The van der Waals surface area contributed by atoms with E-state index in [1.807, 2.05) is 23.2 Å². The molecule has 2 saturated heterocycles. The number of rotatable bonds is 5. The quantitative estimate of drug-likeness (QED) is 0.893. The monoisotopic (exact) mass is 317 g/mol. The summed E-state index contributed by atoms with van der Waals surface area (Å²) in [5.41, 5.74) is 0.359. The van der Waals surface area contributed by atoms with E-state index in [9.17, 15) is 9.90 Å². The number of β-amino-alcohol motifs (C(OH)–C–C–N with tert-alkyl or cyclic N) is 1. The molecule has 2 aliphatic rings. The molecule has 23 heavy (non-hydrogen) atoms. The Morgan fingerprint density at radius 1 is 1.26 bits per heavy atom. The second-order valence-electron chi connectivity index (χ2n) is 6.99. The van der Waals surface area contributed by atoms with E-state index >= 15 is 0 Å². The molecular weight excluding hydrogens is 290 g/mol. The van der Waals surface area contributed by atoms with Crippen molar-refractivity contribution in [2.45, 2.75) is 44.1 Å². The maximum atomic E-state index is 12.5. The van der Waals surface area contributed by atoms with Crippen LogP contribution in [0.3, 0.4) is 0 Å². The summed E-state index contributed by atoms with van der Waals surface area (Å²) >= 11 is 0. The van der Waals surface area contributed by atoms with Crippen LogP contribution in [-0.4, -0.2) is 64.1 Å². The van der Waals surface area contributed by atoms with Gasteiger partial charge in [-0.1, -0.05) is 6.07 Å². The number of piperidine rings is 1. The van der Waals surface area contributed by atoms with Gasteiger partial charge in [0, 0.05) is 31.9 Å². The van der Waals surface area contributed by atoms with Gasteiger partial charge < -0.3 is 14.9 Å². The highest BCUT2D eigenvalue weighted by Gasteiger charge is 2.36. The van der Waals surface area contributed by atoms with E-state index in [4.69, 9.17) is 0 Å². The topological polar surface area (TPSA) is 56.7 Å². The number of nitrogens with zero attached hydrogens (tertiary/aromatic N) is 3. The van der Waals surface area contributed by atoms with Crippen LogP contribution in [0.5, 0.6) is 0 Å². The van der Waals surface area contributed by atoms with Crippen molar-refractivity contribution in [3.8, 4) is 0 Å². The smallest absolute Gasteiger partial charge is 0.223 e. The van der Waals surface area contributed by atoms with Crippen molar-refractivity contribution in [2.24, 2.45) is 0 Å². The van der Waals surface area contributed by atoms with Crippen LogP contribution in [-0.2, 0) is 11.2 Å². The largest absolute Gasteiger partial charge is 0.387 e. The molecule has 1 amide bonds. The summed E-state index contributed by atoms with van der Waals surface area (Å²) in [4.78, 5) is 20.8. The SMILES string of the molecule is O=C(CCc1cccnc1)N1CCC[C@](O)(CN2CCCC2)C1. The van der Waals surface area contributed by atoms with E-state index in [1.54, 1.807) is 6.20 Å². The lowest BCUT2D eigenvalue weighted by Gasteiger charge is -2.41. The van der Waals surface area contributed by atoms with Crippen molar-refractivity contribution in [3.63, 3.8) is 0 Å². The average Bonchev–Trinajstić information content (AvgIpc) is 3.06. The Hall–Kier alpha value is -1.46. The highest BCUT2D eigenvalue weighted by atomic mass is 16.3. The fraction of sp³-hybridized carbons (Fsp3) is 0.667. The zero-order valence-corrected chi connectivity index (χ0v) is 13.8. The van der Waals surface area contributed by atoms with Crippen LogP contribution >= 0.6 is 0 Å². The molecule has 3 rings (SSSR count). The molecule has 0 unspecified atom stereocenters. The Kier molecular flexibility index (Phi) is 5.28. The second kappa shape index (κ2) is 7.41. The van der Waals surface area contributed by atoms with Gasteiger partial charge in [-0.05, 0) is 56.8 Å². The van der Waals surface area contributed by atoms with Crippen molar-refractivity contribution in [1.82, 2.24) is 14.8 Å². The third-order valence-corrected chi connectivity index (χ3v) is 4.97. The third-order valence-electron chi connectivity index (χ3n) is 4.97. The molecule has 1 aromatic rings. The molecule has 2 fully saturated rings. The normalized spacial score (nSPS) is 25.7. The van der Waals surface area contributed by atoms with Gasteiger partial charge in [-0.15, -0.1) is 0 Å². The Morgan fingerprint density at radius 3 is 2.83 bits per heavy atom. The van der Waals surface area contributed by atoms with Gasteiger partial charge in [0.15, 0.2) is 0 Å². The molecule has 5 heteroatoms. The maximum absolute atomic E-state index is 12.5. The second-order valence-corrected chi connectivity index (χ2v) is 6.99. The van der Waals surface area contributed by atoms with E-state index < -0.39 is 5.60 Å². The first-order valence-corrected chi connectivity index (χ1v) is 8.76. The number of amides is 1. The van der Waals surface area contributed by atoms with Gasteiger partial charge in [0.2, 0.25) is 5.91 Å². The number of aryl methyl sites for hydroxylation is 1. The van der Waals surface area contributed by atoms with Gasteiger partial charge in [-0.3, -0.25) is 9.78 Å². The molecule has 2 aliphatic heterocycles. The lowest BCUT2D eigenvalue weighted by Crippen LogP contribution is -2.55. The van der Waals surface area contributed by atoms with Gasteiger partial charge in [0.1, 0.15) is 0 Å². The first-order valence-electron chi connectivity index (χ1n) is 8.76. The summed E-state index contributed by atoms with van der Waals surface area (Å²) in [5.74, 6) is 0.147. The van der Waals surface area contributed by atoms with Crippen molar-refractivity contribution in [1.29, 1.82) is 0 Å². The number of carbonyl (C=O) groups excluding carboxylic acids is 1. The first kappa shape index (κ1) is 16.4. The van der Waals surface area contributed by atoms with E-state index in [0.717, 1.165) is 38.0 Å².